The minimum absolute atomic E-state index is 0.0726. The Hall–Kier alpha value is -3.63. The van der Waals surface area contributed by atoms with Crippen LogP contribution in [-0.2, 0) is 0 Å². The molecule has 0 unspecified atom stereocenters. The van der Waals surface area contributed by atoms with Crippen molar-refractivity contribution in [2.45, 2.75) is 26.2 Å². The molecule has 6 nitrogen and oxygen atoms in total. The van der Waals surface area contributed by atoms with Gasteiger partial charge in [0.15, 0.2) is 0 Å². The zero-order valence-electron chi connectivity index (χ0n) is 19.2. The minimum atomic E-state index is -1.82. The Kier molecular flexibility index (Phi) is 2.96. The summed E-state index contributed by atoms with van der Waals surface area (Å²) in [4.78, 5) is 37.6. The van der Waals surface area contributed by atoms with Gasteiger partial charge in [0.2, 0.25) is 0 Å². The lowest BCUT2D eigenvalue weighted by atomic mass is 9.96. The maximum Gasteiger partial charge on any atom is 0.264 e. The molecule has 0 aliphatic carbocycles. The van der Waals surface area contributed by atoms with Gasteiger partial charge in [-0.2, -0.15) is 0 Å². The lowest BCUT2D eigenvalue weighted by molar-refractivity contribution is 1.13. The van der Waals surface area contributed by atoms with Crippen LogP contribution in [-0.4, -0.2) is 34.9 Å². The van der Waals surface area contributed by atoms with Crippen LogP contribution >= 0.6 is 0 Å². The standard InChI is InChI=1S/C26H20N4O2Si2/c1-33(2)11-9-17-23(33)27-21-13-5-7-16-20-14(6-8-15(19(13)20)25(31)29(17)21)22-28-24-18(30(22)26(16)32)10-12-34(24,3)4/h5-12H,1-4H3. The Balaban J connectivity index is 1.64. The zero-order valence-corrected chi connectivity index (χ0v) is 21.2. The Morgan fingerprint density at radius 2 is 1.00 bits per heavy atom. The van der Waals surface area contributed by atoms with Gasteiger partial charge in [0.1, 0.15) is 27.4 Å². The van der Waals surface area contributed by atoms with Crippen LogP contribution in [0.15, 0.2) is 45.3 Å². The first-order valence-electron chi connectivity index (χ1n) is 11.5. The molecular formula is C26H20N4O2Si2. The van der Waals surface area contributed by atoms with Crippen LogP contribution in [0.2, 0.25) is 26.2 Å². The molecule has 0 radical (unpaired) electrons. The van der Waals surface area contributed by atoms with Crippen molar-refractivity contribution in [1.29, 1.82) is 0 Å². The molecule has 0 amide bonds. The smallest absolute Gasteiger partial charge is 0.264 e. The summed E-state index contributed by atoms with van der Waals surface area (Å²) in [6, 6.07) is 7.75. The molecule has 164 valence electrons. The first kappa shape index (κ1) is 18.8. The lowest BCUT2D eigenvalue weighted by Gasteiger charge is -2.12. The number of rotatable bonds is 0. The van der Waals surface area contributed by atoms with Gasteiger partial charge in [-0.1, -0.05) is 37.6 Å². The summed E-state index contributed by atoms with van der Waals surface area (Å²) in [7, 11) is -3.64. The van der Waals surface area contributed by atoms with Crippen molar-refractivity contribution in [3.8, 4) is 0 Å². The highest BCUT2D eigenvalue weighted by atomic mass is 28.3. The SMILES string of the molecule is C[Si]1(C)C=Cc2c1nc1c3ccc4c(=O)n5c6c(nc5c5ccc(c(=O)n21)c3c45)[Si](C)(C)C=C6. The molecule has 0 atom stereocenters. The number of pyridine rings is 2. The summed E-state index contributed by atoms with van der Waals surface area (Å²) in [5.41, 5.74) is 7.53. The number of aromatic nitrogens is 4. The van der Waals surface area contributed by atoms with E-state index in [2.05, 4.69) is 49.7 Å². The monoisotopic (exact) mass is 476 g/mol. The molecule has 2 aliphatic rings. The van der Waals surface area contributed by atoms with E-state index < -0.39 is 16.1 Å². The molecule has 4 aromatic heterocycles. The Morgan fingerprint density at radius 3 is 1.41 bits per heavy atom. The highest BCUT2D eigenvalue weighted by Crippen LogP contribution is 2.36. The van der Waals surface area contributed by atoms with Crippen molar-refractivity contribution < 1.29 is 0 Å². The number of hydrogen-bond donors (Lipinski definition) is 0. The quantitative estimate of drug-likeness (QED) is 0.250. The van der Waals surface area contributed by atoms with Crippen LogP contribution in [0.1, 0.15) is 11.4 Å². The van der Waals surface area contributed by atoms with Crippen LogP contribution in [0.25, 0.3) is 55.8 Å². The molecule has 2 aliphatic heterocycles. The molecule has 0 bridgehead atoms. The van der Waals surface area contributed by atoms with Gasteiger partial charge in [-0.05, 0) is 36.4 Å². The van der Waals surface area contributed by atoms with Crippen molar-refractivity contribution in [2.24, 2.45) is 0 Å². The summed E-state index contributed by atoms with van der Waals surface area (Å²) in [6.07, 6.45) is 4.12. The van der Waals surface area contributed by atoms with Crippen molar-refractivity contribution in [1.82, 2.24) is 18.8 Å². The second kappa shape index (κ2) is 5.37. The van der Waals surface area contributed by atoms with Crippen molar-refractivity contribution in [3.63, 3.8) is 0 Å². The Labute approximate surface area is 195 Å². The van der Waals surface area contributed by atoms with E-state index in [-0.39, 0.29) is 11.1 Å². The summed E-state index contributed by atoms with van der Waals surface area (Å²) in [6.45, 7) is 8.99. The van der Waals surface area contributed by atoms with Crippen LogP contribution in [0, 0.1) is 0 Å². The molecule has 34 heavy (non-hydrogen) atoms. The van der Waals surface area contributed by atoms with Crippen molar-refractivity contribution >= 4 is 82.5 Å². The van der Waals surface area contributed by atoms with E-state index in [9.17, 15) is 9.59 Å². The summed E-state index contributed by atoms with van der Waals surface area (Å²) < 4.78 is 3.54. The fourth-order valence-electron chi connectivity index (χ4n) is 6.09. The fraction of sp³-hybridized carbons (Fsp3) is 0.154. The van der Waals surface area contributed by atoms with E-state index >= 15 is 0 Å². The van der Waals surface area contributed by atoms with E-state index in [0.29, 0.717) is 22.1 Å². The number of benzene rings is 2. The van der Waals surface area contributed by atoms with E-state index in [1.165, 1.54) is 0 Å². The number of nitrogens with zero attached hydrogens (tertiary/aromatic N) is 4. The summed E-state index contributed by atoms with van der Waals surface area (Å²) >= 11 is 0. The Bertz CT molecular complexity index is 1960. The molecular weight excluding hydrogens is 456 g/mol. The minimum Gasteiger partial charge on any atom is -0.268 e. The van der Waals surface area contributed by atoms with Gasteiger partial charge in [0.25, 0.3) is 11.1 Å². The van der Waals surface area contributed by atoms with Crippen LogP contribution in [0.4, 0.5) is 0 Å². The first-order chi connectivity index (χ1) is 16.2. The average molecular weight is 477 g/mol. The first-order valence-corrected chi connectivity index (χ1v) is 17.7. The lowest BCUT2D eigenvalue weighted by Crippen LogP contribution is -2.39. The van der Waals surface area contributed by atoms with E-state index in [1.807, 2.05) is 24.3 Å². The highest BCUT2D eigenvalue weighted by molar-refractivity contribution is 6.96. The largest absolute Gasteiger partial charge is 0.268 e. The summed E-state index contributed by atoms with van der Waals surface area (Å²) in [5, 5.41) is 6.83. The van der Waals surface area contributed by atoms with E-state index in [1.54, 1.807) is 8.80 Å². The molecule has 0 saturated heterocycles. The normalized spacial score (nSPS) is 17.9. The van der Waals surface area contributed by atoms with Gasteiger partial charge in [-0.15, -0.1) is 0 Å². The maximum absolute atomic E-state index is 13.8. The second-order valence-corrected chi connectivity index (χ2v) is 19.3. The average Bonchev–Trinajstić information content (AvgIpc) is 3.52. The Morgan fingerprint density at radius 1 is 0.618 bits per heavy atom. The molecule has 6 aromatic rings. The molecule has 8 rings (SSSR count). The molecule has 0 fully saturated rings. The fourth-order valence-corrected chi connectivity index (χ4v) is 10.1. The molecule has 2 aromatic carbocycles. The van der Waals surface area contributed by atoms with Gasteiger partial charge < -0.3 is 0 Å². The van der Waals surface area contributed by atoms with Gasteiger partial charge >= 0.3 is 0 Å². The third-order valence-corrected chi connectivity index (χ3v) is 13.0. The van der Waals surface area contributed by atoms with Gasteiger partial charge in [0.05, 0.1) is 22.0 Å². The van der Waals surface area contributed by atoms with Crippen LogP contribution < -0.4 is 21.8 Å². The number of fused-ring (bicyclic) bond motifs is 8. The predicted octanol–water partition coefficient (Wildman–Crippen LogP) is 3.00. The molecule has 0 saturated carbocycles. The highest BCUT2D eigenvalue weighted by Gasteiger charge is 2.35. The van der Waals surface area contributed by atoms with Gasteiger partial charge in [-0.25, -0.2) is 9.97 Å². The predicted molar refractivity (Wildman–Crippen MR) is 144 cm³/mol. The van der Waals surface area contributed by atoms with Gasteiger partial charge in [-0.3, -0.25) is 18.4 Å². The van der Waals surface area contributed by atoms with Crippen LogP contribution in [0.5, 0.6) is 0 Å². The topological polar surface area (TPSA) is 68.7 Å². The zero-order chi connectivity index (χ0) is 23.3. The molecule has 6 heterocycles. The van der Waals surface area contributed by atoms with E-state index in [4.69, 9.17) is 9.97 Å². The molecule has 0 N–H and O–H groups in total. The van der Waals surface area contributed by atoms with Crippen LogP contribution in [0.3, 0.4) is 0 Å². The maximum atomic E-state index is 13.8. The molecule has 0 spiro atoms. The number of hydrogen-bond acceptors (Lipinski definition) is 4. The second-order valence-electron chi connectivity index (χ2n) is 10.8. The number of imidazole rings is 2. The third-order valence-electron chi connectivity index (χ3n) is 7.87. The third kappa shape index (κ3) is 1.88. The van der Waals surface area contributed by atoms with Crippen molar-refractivity contribution in [3.05, 3.63) is 67.8 Å². The summed E-state index contributed by atoms with van der Waals surface area (Å²) in [5.74, 6) is 0. The van der Waals surface area contributed by atoms with Crippen molar-refractivity contribution in [2.75, 3.05) is 0 Å². The van der Waals surface area contributed by atoms with E-state index in [0.717, 1.165) is 43.6 Å². The molecule has 8 heteroatoms. The van der Waals surface area contributed by atoms with Gasteiger partial charge in [0, 0.05) is 32.3 Å².